The van der Waals surface area contributed by atoms with Crippen LogP contribution >= 0.6 is 0 Å². The Morgan fingerprint density at radius 3 is 1.12 bits per heavy atom. The fourth-order valence-corrected chi connectivity index (χ4v) is 0. The molecule has 0 fully saturated rings. The van der Waals surface area contributed by atoms with Crippen molar-refractivity contribution in [3.63, 3.8) is 0 Å². The standard InChI is InChI=1S/C2H2O4.Co.Nb/c3-1(4)2(5)6;;/h(H,3,4)(H,5,6);;/q;+2;+5/p-2. The summed E-state index contributed by atoms with van der Waals surface area (Å²) >= 11 is 0. The van der Waals surface area contributed by atoms with Crippen LogP contribution in [-0.2, 0) is 48.7 Å². The molecule has 0 rings (SSSR count). The number of carboxylic acid groups (broad SMARTS) is 2. The van der Waals surface area contributed by atoms with Crippen LogP contribution in [-0.4, -0.2) is 11.9 Å². The summed E-state index contributed by atoms with van der Waals surface area (Å²) in [6.45, 7) is 0. The molecule has 0 saturated heterocycles. The quantitative estimate of drug-likeness (QED) is 0.324. The van der Waals surface area contributed by atoms with E-state index < -0.39 is 11.9 Å². The SMILES string of the molecule is O=C([O-])C(=O)[O-].[Co+2].[Nb+5]. The van der Waals surface area contributed by atoms with Crippen LogP contribution in [0.5, 0.6) is 0 Å². The first-order valence-corrected chi connectivity index (χ1v) is 1.07. The predicted molar refractivity (Wildman–Crippen MR) is 10.0 cm³/mol. The number of aliphatic carboxylic acids is 2. The zero-order valence-corrected chi connectivity index (χ0v) is 6.65. The molecular weight excluding hydrogens is 240 g/mol. The van der Waals surface area contributed by atoms with Gasteiger partial charge in [0.2, 0.25) is 0 Å². The average Bonchev–Trinajstić information content (AvgIpc) is 1.36. The van der Waals surface area contributed by atoms with E-state index in [1.165, 1.54) is 0 Å². The van der Waals surface area contributed by atoms with Gasteiger partial charge in [0.15, 0.2) is 0 Å². The van der Waals surface area contributed by atoms with Gasteiger partial charge in [0.1, 0.15) is 0 Å². The third kappa shape index (κ3) is 9.50. The summed E-state index contributed by atoms with van der Waals surface area (Å²) in [6.07, 6.45) is 0. The topological polar surface area (TPSA) is 80.3 Å². The summed E-state index contributed by atoms with van der Waals surface area (Å²) < 4.78 is 0. The molecule has 0 bridgehead atoms. The molecule has 6 heteroatoms. The first-order valence-electron chi connectivity index (χ1n) is 1.07. The maximum absolute atomic E-state index is 8.93. The van der Waals surface area contributed by atoms with Crippen molar-refractivity contribution in [1.29, 1.82) is 0 Å². The summed E-state index contributed by atoms with van der Waals surface area (Å²) in [5, 5.41) is 17.9. The van der Waals surface area contributed by atoms with Crippen LogP contribution in [0.4, 0.5) is 0 Å². The normalized spacial score (nSPS) is 5.50. The average molecular weight is 240 g/mol. The van der Waals surface area contributed by atoms with Crippen molar-refractivity contribution < 1.29 is 59.0 Å². The van der Waals surface area contributed by atoms with E-state index in [4.69, 9.17) is 19.8 Å². The zero-order valence-electron chi connectivity index (χ0n) is 3.41. The van der Waals surface area contributed by atoms with Gasteiger partial charge in [0.05, 0.1) is 11.9 Å². The van der Waals surface area contributed by atoms with Gasteiger partial charge < -0.3 is 19.8 Å². The van der Waals surface area contributed by atoms with Gasteiger partial charge in [-0.25, -0.2) is 0 Å². The first kappa shape index (κ1) is 15.7. The van der Waals surface area contributed by atoms with Gasteiger partial charge >= 0.3 is 39.2 Å². The van der Waals surface area contributed by atoms with E-state index >= 15 is 0 Å². The Labute approximate surface area is 71.0 Å². The van der Waals surface area contributed by atoms with Gasteiger partial charge in [-0.2, -0.15) is 0 Å². The molecule has 0 aliphatic carbocycles. The van der Waals surface area contributed by atoms with Gasteiger partial charge in [-0.05, 0) is 0 Å². The maximum Gasteiger partial charge on any atom is 5.00 e. The Hall–Kier alpha value is 0.187. The molecule has 0 saturated carbocycles. The molecule has 0 aliphatic heterocycles. The van der Waals surface area contributed by atoms with E-state index in [2.05, 4.69) is 0 Å². The molecule has 41 valence electrons. The van der Waals surface area contributed by atoms with Gasteiger partial charge in [-0.3, -0.25) is 0 Å². The van der Waals surface area contributed by atoms with Crippen LogP contribution in [0, 0.1) is 0 Å². The minimum Gasteiger partial charge on any atom is -0.543 e. The Kier molecular flexibility index (Phi) is 14.1. The largest absolute Gasteiger partial charge is 5.00 e. The second-order valence-corrected chi connectivity index (χ2v) is 0.575. The van der Waals surface area contributed by atoms with E-state index in [0.29, 0.717) is 0 Å². The van der Waals surface area contributed by atoms with Crippen molar-refractivity contribution in [2.45, 2.75) is 0 Å². The van der Waals surface area contributed by atoms with Crippen LogP contribution in [0.15, 0.2) is 0 Å². The van der Waals surface area contributed by atoms with Gasteiger partial charge in [0, 0.05) is 0 Å². The Balaban J connectivity index is -0.000000125. The molecule has 0 aromatic carbocycles. The van der Waals surface area contributed by atoms with E-state index in [1.54, 1.807) is 0 Å². The number of carbonyl (C=O) groups excluding carboxylic acids is 2. The summed E-state index contributed by atoms with van der Waals surface area (Å²) in [7, 11) is 0. The molecule has 8 heavy (non-hydrogen) atoms. The molecule has 4 nitrogen and oxygen atoms in total. The second-order valence-electron chi connectivity index (χ2n) is 0.575. The minimum atomic E-state index is -2.19. The Morgan fingerprint density at radius 2 is 1.12 bits per heavy atom. The molecule has 0 aromatic heterocycles. The molecular formula is C2CoNbO4+5. The van der Waals surface area contributed by atoms with Gasteiger partial charge in [0.25, 0.3) is 0 Å². The van der Waals surface area contributed by atoms with Crippen molar-refractivity contribution in [3.05, 3.63) is 0 Å². The van der Waals surface area contributed by atoms with Crippen LogP contribution in [0.25, 0.3) is 0 Å². The maximum atomic E-state index is 8.93. The molecule has 0 heterocycles. The number of carbonyl (C=O) groups is 2. The predicted octanol–water partition coefficient (Wildman–Crippen LogP) is -3.52. The van der Waals surface area contributed by atoms with Gasteiger partial charge in [-0.15, -0.1) is 0 Å². The third-order valence-electron chi connectivity index (χ3n) is 0.167. The monoisotopic (exact) mass is 240 g/mol. The zero-order chi connectivity index (χ0) is 5.15. The third-order valence-corrected chi connectivity index (χ3v) is 0.167. The van der Waals surface area contributed by atoms with Gasteiger partial charge in [-0.1, -0.05) is 0 Å². The van der Waals surface area contributed by atoms with Crippen molar-refractivity contribution in [1.82, 2.24) is 0 Å². The number of hydrogen-bond donors (Lipinski definition) is 0. The van der Waals surface area contributed by atoms with E-state index in [9.17, 15) is 0 Å². The number of rotatable bonds is 0. The van der Waals surface area contributed by atoms with E-state index in [0.717, 1.165) is 0 Å². The van der Waals surface area contributed by atoms with Crippen LogP contribution < -0.4 is 10.2 Å². The van der Waals surface area contributed by atoms with E-state index in [-0.39, 0.29) is 39.2 Å². The van der Waals surface area contributed by atoms with Crippen molar-refractivity contribution in [2.75, 3.05) is 0 Å². The smallest absolute Gasteiger partial charge is 0.543 e. The molecule has 1 radical (unpaired) electrons. The summed E-state index contributed by atoms with van der Waals surface area (Å²) in [5.74, 6) is -4.37. The molecule has 0 aliphatic rings. The van der Waals surface area contributed by atoms with E-state index in [1.807, 2.05) is 0 Å². The minimum absolute atomic E-state index is 0. The molecule has 0 aromatic rings. The molecule has 0 unspecified atom stereocenters. The Bertz CT molecular complexity index is 80.0. The second kappa shape index (κ2) is 7.19. The molecule has 0 atom stereocenters. The molecule has 0 amide bonds. The summed E-state index contributed by atoms with van der Waals surface area (Å²) in [5.41, 5.74) is 0. The Morgan fingerprint density at radius 1 is 1.00 bits per heavy atom. The fourth-order valence-electron chi connectivity index (χ4n) is 0. The van der Waals surface area contributed by atoms with Crippen molar-refractivity contribution >= 4 is 11.9 Å². The molecule has 0 N–H and O–H groups in total. The summed E-state index contributed by atoms with van der Waals surface area (Å²) in [4.78, 5) is 17.9. The van der Waals surface area contributed by atoms with Crippen LogP contribution in [0.3, 0.4) is 0 Å². The van der Waals surface area contributed by atoms with Crippen molar-refractivity contribution in [3.8, 4) is 0 Å². The number of hydrogen-bond acceptors (Lipinski definition) is 4. The molecule has 0 spiro atoms. The van der Waals surface area contributed by atoms with Crippen molar-refractivity contribution in [2.24, 2.45) is 0 Å². The fraction of sp³-hybridized carbons (Fsp3) is 0. The first-order chi connectivity index (χ1) is 2.64. The van der Waals surface area contributed by atoms with Crippen LogP contribution in [0.2, 0.25) is 0 Å². The summed E-state index contributed by atoms with van der Waals surface area (Å²) in [6, 6.07) is 0. The van der Waals surface area contributed by atoms with Crippen LogP contribution in [0.1, 0.15) is 0 Å². The number of carboxylic acids is 2.